The molecule has 1 atom stereocenters. The van der Waals surface area contributed by atoms with Gasteiger partial charge in [0.05, 0.1) is 11.3 Å². The standard InChI is InChI=1S/C17H19N5O2/c1-3-15-20-16(21-24-15)13-5-4-8-22(10-13)17(23)14-7-6-12(9-18)11(2)19-14/h6-7,13H,3-5,8,10H2,1-2H3. The lowest BCUT2D eigenvalue weighted by molar-refractivity contribution is 0.0697. The third-order valence-corrected chi connectivity index (χ3v) is 4.29. The Hall–Kier alpha value is -2.75. The number of pyridine rings is 1. The maximum Gasteiger partial charge on any atom is 0.272 e. The number of aryl methyl sites for hydroxylation is 2. The third-order valence-electron chi connectivity index (χ3n) is 4.29. The van der Waals surface area contributed by atoms with Crippen LogP contribution in [0.1, 0.15) is 59.1 Å². The number of hydrogen-bond acceptors (Lipinski definition) is 6. The molecule has 1 unspecified atom stereocenters. The highest BCUT2D eigenvalue weighted by Crippen LogP contribution is 2.26. The molecule has 1 aliphatic rings. The van der Waals surface area contributed by atoms with E-state index in [4.69, 9.17) is 9.78 Å². The van der Waals surface area contributed by atoms with E-state index in [1.54, 1.807) is 24.0 Å². The molecule has 1 saturated heterocycles. The molecular formula is C17H19N5O2. The Morgan fingerprint density at radius 3 is 2.96 bits per heavy atom. The number of nitrogens with zero attached hydrogens (tertiary/aromatic N) is 5. The van der Waals surface area contributed by atoms with Crippen LogP contribution >= 0.6 is 0 Å². The van der Waals surface area contributed by atoms with Gasteiger partial charge in [-0.2, -0.15) is 10.2 Å². The van der Waals surface area contributed by atoms with Crippen molar-refractivity contribution in [2.45, 2.75) is 39.0 Å². The van der Waals surface area contributed by atoms with E-state index in [1.807, 2.05) is 6.92 Å². The highest BCUT2D eigenvalue weighted by molar-refractivity contribution is 5.92. The predicted octanol–water partition coefficient (Wildman–Crippen LogP) is 2.23. The van der Waals surface area contributed by atoms with E-state index >= 15 is 0 Å². The van der Waals surface area contributed by atoms with Gasteiger partial charge in [-0.25, -0.2) is 4.98 Å². The Labute approximate surface area is 140 Å². The molecule has 3 heterocycles. The van der Waals surface area contributed by atoms with E-state index in [9.17, 15) is 4.79 Å². The van der Waals surface area contributed by atoms with Gasteiger partial charge in [-0.05, 0) is 31.9 Å². The molecule has 0 spiro atoms. The molecule has 3 rings (SSSR count). The number of likely N-dealkylation sites (tertiary alicyclic amines) is 1. The number of piperidine rings is 1. The van der Waals surface area contributed by atoms with Crippen LogP contribution < -0.4 is 0 Å². The number of rotatable bonds is 3. The zero-order valence-corrected chi connectivity index (χ0v) is 13.8. The summed E-state index contributed by atoms with van der Waals surface area (Å²) in [5, 5.41) is 13.0. The van der Waals surface area contributed by atoms with Gasteiger partial charge in [0, 0.05) is 25.4 Å². The fourth-order valence-electron chi connectivity index (χ4n) is 2.91. The van der Waals surface area contributed by atoms with Gasteiger partial charge < -0.3 is 9.42 Å². The summed E-state index contributed by atoms with van der Waals surface area (Å²) >= 11 is 0. The SMILES string of the molecule is CCc1nc(C2CCCN(C(=O)c3ccc(C#N)c(C)n3)C2)no1. The van der Waals surface area contributed by atoms with Crippen LogP contribution in [-0.2, 0) is 6.42 Å². The van der Waals surface area contributed by atoms with Crippen LogP contribution in [0.15, 0.2) is 16.7 Å². The first-order chi connectivity index (χ1) is 11.6. The number of carbonyl (C=O) groups excluding carboxylic acids is 1. The van der Waals surface area contributed by atoms with Gasteiger partial charge >= 0.3 is 0 Å². The molecule has 0 saturated carbocycles. The molecule has 1 amide bonds. The number of carbonyl (C=O) groups is 1. The summed E-state index contributed by atoms with van der Waals surface area (Å²) in [5.74, 6) is 1.27. The first-order valence-electron chi connectivity index (χ1n) is 8.12. The Kier molecular flexibility index (Phi) is 4.56. The highest BCUT2D eigenvalue weighted by atomic mass is 16.5. The van der Waals surface area contributed by atoms with E-state index in [2.05, 4.69) is 21.2 Å². The normalized spacial score (nSPS) is 17.5. The topological polar surface area (TPSA) is 95.9 Å². The Bertz CT molecular complexity index is 793. The molecule has 2 aromatic heterocycles. The fourth-order valence-corrected chi connectivity index (χ4v) is 2.91. The van der Waals surface area contributed by atoms with Gasteiger partial charge in [0.2, 0.25) is 5.89 Å². The molecule has 0 N–H and O–H groups in total. The molecule has 24 heavy (non-hydrogen) atoms. The fraction of sp³-hybridized carbons (Fsp3) is 0.471. The van der Waals surface area contributed by atoms with Crippen molar-refractivity contribution in [1.29, 1.82) is 5.26 Å². The molecule has 7 nitrogen and oxygen atoms in total. The summed E-state index contributed by atoms with van der Waals surface area (Å²) in [6, 6.07) is 5.32. The van der Waals surface area contributed by atoms with Gasteiger partial charge in [0.25, 0.3) is 5.91 Å². The van der Waals surface area contributed by atoms with Crippen molar-refractivity contribution in [2.75, 3.05) is 13.1 Å². The van der Waals surface area contributed by atoms with Crippen molar-refractivity contribution < 1.29 is 9.32 Å². The Morgan fingerprint density at radius 1 is 1.46 bits per heavy atom. The number of amides is 1. The number of hydrogen-bond donors (Lipinski definition) is 0. The van der Waals surface area contributed by atoms with Crippen LogP contribution in [0.25, 0.3) is 0 Å². The van der Waals surface area contributed by atoms with Crippen LogP contribution in [0.2, 0.25) is 0 Å². The van der Waals surface area contributed by atoms with Crippen molar-refractivity contribution in [1.82, 2.24) is 20.0 Å². The van der Waals surface area contributed by atoms with E-state index in [0.29, 0.717) is 48.2 Å². The summed E-state index contributed by atoms with van der Waals surface area (Å²) in [6.45, 7) is 4.95. The van der Waals surface area contributed by atoms with Crippen molar-refractivity contribution in [3.8, 4) is 6.07 Å². The zero-order valence-electron chi connectivity index (χ0n) is 13.8. The monoisotopic (exact) mass is 325 g/mol. The molecule has 0 aliphatic carbocycles. The summed E-state index contributed by atoms with van der Waals surface area (Å²) in [4.78, 5) is 23.1. The number of aromatic nitrogens is 3. The summed E-state index contributed by atoms with van der Waals surface area (Å²) < 4.78 is 5.18. The van der Waals surface area contributed by atoms with Gasteiger partial charge in [0.15, 0.2) is 5.82 Å². The maximum absolute atomic E-state index is 12.7. The lowest BCUT2D eigenvalue weighted by Gasteiger charge is -2.31. The average Bonchev–Trinajstić information content (AvgIpc) is 3.10. The second kappa shape index (κ2) is 6.79. The largest absolute Gasteiger partial charge is 0.339 e. The van der Waals surface area contributed by atoms with Crippen LogP contribution in [0.4, 0.5) is 0 Å². The highest BCUT2D eigenvalue weighted by Gasteiger charge is 2.29. The summed E-state index contributed by atoms with van der Waals surface area (Å²) in [6.07, 6.45) is 2.53. The van der Waals surface area contributed by atoms with E-state index in [-0.39, 0.29) is 11.8 Å². The van der Waals surface area contributed by atoms with Crippen LogP contribution in [0, 0.1) is 18.3 Å². The van der Waals surface area contributed by atoms with Crippen molar-refractivity contribution in [3.63, 3.8) is 0 Å². The zero-order chi connectivity index (χ0) is 17.1. The molecule has 0 bridgehead atoms. The van der Waals surface area contributed by atoms with Crippen molar-refractivity contribution in [3.05, 3.63) is 40.8 Å². The molecule has 1 aliphatic heterocycles. The van der Waals surface area contributed by atoms with E-state index < -0.39 is 0 Å². The molecule has 124 valence electrons. The van der Waals surface area contributed by atoms with Crippen molar-refractivity contribution in [2.24, 2.45) is 0 Å². The average molecular weight is 325 g/mol. The van der Waals surface area contributed by atoms with Crippen LogP contribution in [0.5, 0.6) is 0 Å². The predicted molar refractivity (Wildman–Crippen MR) is 85.2 cm³/mol. The van der Waals surface area contributed by atoms with Crippen LogP contribution in [-0.4, -0.2) is 39.0 Å². The molecule has 7 heteroatoms. The lowest BCUT2D eigenvalue weighted by atomic mass is 9.97. The first kappa shape index (κ1) is 16.1. The van der Waals surface area contributed by atoms with Gasteiger partial charge in [-0.1, -0.05) is 12.1 Å². The molecule has 0 radical (unpaired) electrons. The van der Waals surface area contributed by atoms with Gasteiger partial charge in [-0.3, -0.25) is 4.79 Å². The summed E-state index contributed by atoms with van der Waals surface area (Å²) in [5.41, 5.74) is 1.43. The van der Waals surface area contributed by atoms with Gasteiger partial charge in [0.1, 0.15) is 11.8 Å². The minimum atomic E-state index is -0.119. The third kappa shape index (κ3) is 3.13. The summed E-state index contributed by atoms with van der Waals surface area (Å²) in [7, 11) is 0. The van der Waals surface area contributed by atoms with Gasteiger partial charge in [-0.15, -0.1) is 0 Å². The lowest BCUT2D eigenvalue weighted by Crippen LogP contribution is -2.39. The molecule has 1 fully saturated rings. The first-order valence-corrected chi connectivity index (χ1v) is 8.12. The maximum atomic E-state index is 12.7. The number of nitriles is 1. The minimum Gasteiger partial charge on any atom is -0.339 e. The van der Waals surface area contributed by atoms with E-state index in [1.165, 1.54) is 0 Å². The van der Waals surface area contributed by atoms with Crippen molar-refractivity contribution >= 4 is 5.91 Å². The Morgan fingerprint density at radius 2 is 2.29 bits per heavy atom. The second-order valence-electron chi connectivity index (χ2n) is 5.93. The Balaban J connectivity index is 1.75. The quantitative estimate of drug-likeness (QED) is 0.858. The molecular weight excluding hydrogens is 306 g/mol. The molecule has 2 aromatic rings. The molecule has 0 aromatic carbocycles. The minimum absolute atomic E-state index is 0.0891. The van der Waals surface area contributed by atoms with Crippen LogP contribution in [0.3, 0.4) is 0 Å². The second-order valence-corrected chi connectivity index (χ2v) is 5.93. The smallest absolute Gasteiger partial charge is 0.272 e. The van der Waals surface area contributed by atoms with E-state index in [0.717, 1.165) is 12.8 Å².